The Kier molecular flexibility index (Phi) is 10.2. The number of nitrogens with one attached hydrogen (secondary N) is 2. The van der Waals surface area contributed by atoms with Crippen molar-refractivity contribution in [3.63, 3.8) is 0 Å². The van der Waals surface area contributed by atoms with Gasteiger partial charge in [0.25, 0.3) is 0 Å². The Hall–Kier alpha value is -2.62. The summed E-state index contributed by atoms with van der Waals surface area (Å²) in [5.41, 5.74) is 2.24. The Morgan fingerprint density at radius 2 is 0.973 bits per heavy atom. The van der Waals surface area contributed by atoms with Crippen molar-refractivity contribution in [3.05, 3.63) is 71.8 Å². The van der Waals surface area contributed by atoms with Gasteiger partial charge in [-0.3, -0.25) is 9.59 Å². The first kappa shape index (κ1) is 27.4. The maximum atomic E-state index is 12.9. The number of hydrogen-bond acceptors (Lipinski definition) is 2. The summed E-state index contributed by atoms with van der Waals surface area (Å²) >= 11 is 0. The van der Waals surface area contributed by atoms with Crippen LogP contribution in [0.5, 0.6) is 0 Å². The van der Waals surface area contributed by atoms with E-state index in [4.69, 9.17) is 0 Å². The minimum atomic E-state index is -0.0464. The molecule has 2 aromatic rings. The molecule has 2 aliphatic carbocycles. The lowest BCUT2D eigenvalue weighted by molar-refractivity contribution is -0.124. The fourth-order valence-corrected chi connectivity index (χ4v) is 6.68. The van der Waals surface area contributed by atoms with Gasteiger partial charge in [0, 0.05) is 12.1 Å². The lowest BCUT2D eigenvalue weighted by atomic mass is 9.75. The molecule has 0 heterocycles. The Bertz CT molecular complexity index is 881. The molecule has 2 atom stereocenters. The van der Waals surface area contributed by atoms with E-state index in [0.29, 0.717) is 12.1 Å². The van der Waals surface area contributed by atoms with Crippen LogP contribution in [-0.2, 0) is 9.59 Å². The number of rotatable bonds is 10. The number of carbonyl (C=O) groups excluding carboxylic acids is 2. The van der Waals surface area contributed by atoms with Gasteiger partial charge < -0.3 is 10.6 Å². The molecule has 2 fully saturated rings. The Morgan fingerprint density at radius 3 is 1.30 bits per heavy atom. The van der Waals surface area contributed by atoms with Crippen LogP contribution in [0.2, 0.25) is 0 Å². The van der Waals surface area contributed by atoms with Gasteiger partial charge in [0.1, 0.15) is 0 Å². The monoisotopic (exact) mass is 502 g/mol. The molecule has 0 saturated heterocycles. The molecule has 2 amide bonds. The highest BCUT2D eigenvalue weighted by Crippen LogP contribution is 2.36. The van der Waals surface area contributed by atoms with E-state index in [1.165, 1.54) is 32.1 Å². The summed E-state index contributed by atoms with van der Waals surface area (Å²) in [7, 11) is 0. The van der Waals surface area contributed by atoms with Crippen molar-refractivity contribution in [2.45, 2.75) is 108 Å². The van der Waals surface area contributed by atoms with Crippen LogP contribution < -0.4 is 10.6 Å². The molecule has 0 aromatic heterocycles. The number of hydrogen-bond donors (Lipinski definition) is 2. The molecule has 4 heteroatoms. The van der Waals surface area contributed by atoms with Crippen molar-refractivity contribution in [3.8, 4) is 0 Å². The standard InChI is InChI=1S/C33H46N2O2/c1-3-30(26-11-7-5-8-12-26)32(36)34-28-19-15-24(16-20-28)23-25-17-21-29(22-18-25)35-33(37)31(4-2)27-13-9-6-10-14-27/h5-14,24-25,28-31H,3-4,15-23H2,1-2H3,(H,34,36)(H,35,37)/t24?,25?,28?,29?,30-,31-/m0/s1. The molecule has 37 heavy (non-hydrogen) atoms. The van der Waals surface area contributed by atoms with E-state index in [1.54, 1.807) is 0 Å². The zero-order chi connectivity index (χ0) is 26.0. The maximum Gasteiger partial charge on any atom is 0.227 e. The summed E-state index contributed by atoms with van der Waals surface area (Å²) in [5.74, 6) is 1.85. The van der Waals surface area contributed by atoms with Gasteiger partial charge in [-0.2, -0.15) is 0 Å². The van der Waals surface area contributed by atoms with Gasteiger partial charge in [-0.05, 0) is 93.6 Å². The van der Waals surface area contributed by atoms with E-state index in [9.17, 15) is 9.59 Å². The quantitative estimate of drug-likeness (QED) is 0.364. The van der Waals surface area contributed by atoms with Crippen LogP contribution in [0.15, 0.2) is 60.7 Å². The van der Waals surface area contributed by atoms with E-state index in [2.05, 4.69) is 48.7 Å². The zero-order valence-corrected chi connectivity index (χ0v) is 22.8. The molecule has 0 radical (unpaired) electrons. The van der Waals surface area contributed by atoms with E-state index in [-0.39, 0.29) is 23.7 Å². The highest BCUT2D eigenvalue weighted by Gasteiger charge is 2.30. The third-order valence-corrected chi connectivity index (χ3v) is 8.91. The highest BCUT2D eigenvalue weighted by atomic mass is 16.2. The van der Waals surface area contributed by atoms with Crippen LogP contribution in [0.1, 0.15) is 107 Å². The van der Waals surface area contributed by atoms with Crippen LogP contribution >= 0.6 is 0 Å². The lowest BCUT2D eigenvalue weighted by Crippen LogP contribution is -2.41. The van der Waals surface area contributed by atoms with Crippen LogP contribution in [0, 0.1) is 11.8 Å². The number of carbonyl (C=O) groups is 2. The summed E-state index contributed by atoms with van der Waals surface area (Å²) in [6.45, 7) is 4.19. The summed E-state index contributed by atoms with van der Waals surface area (Å²) in [4.78, 5) is 25.9. The second-order valence-electron chi connectivity index (χ2n) is 11.4. The topological polar surface area (TPSA) is 58.2 Å². The Balaban J connectivity index is 1.16. The molecule has 2 saturated carbocycles. The van der Waals surface area contributed by atoms with Gasteiger partial charge in [0.05, 0.1) is 11.8 Å². The van der Waals surface area contributed by atoms with Crippen LogP contribution in [0.25, 0.3) is 0 Å². The SMILES string of the molecule is CC[C@H](C(=O)NC1CCC(CC2CCC(NC(=O)[C@@H](CC)c3ccccc3)CC2)CC1)c1ccccc1. The van der Waals surface area contributed by atoms with Gasteiger partial charge in [-0.25, -0.2) is 0 Å². The third kappa shape index (κ3) is 7.69. The zero-order valence-electron chi connectivity index (χ0n) is 22.8. The molecule has 0 bridgehead atoms. The summed E-state index contributed by atoms with van der Waals surface area (Å²) in [6.07, 6.45) is 12.3. The fourth-order valence-electron chi connectivity index (χ4n) is 6.68. The van der Waals surface area contributed by atoms with Crippen molar-refractivity contribution in [2.24, 2.45) is 11.8 Å². The van der Waals surface area contributed by atoms with E-state index >= 15 is 0 Å². The molecule has 200 valence electrons. The van der Waals surface area contributed by atoms with Gasteiger partial charge in [-0.1, -0.05) is 74.5 Å². The molecule has 4 nitrogen and oxygen atoms in total. The molecular formula is C33H46N2O2. The minimum absolute atomic E-state index is 0.0464. The normalized spacial score (nSPS) is 25.6. The second-order valence-corrected chi connectivity index (χ2v) is 11.4. The average molecular weight is 503 g/mol. The molecule has 0 aliphatic heterocycles. The van der Waals surface area contributed by atoms with Crippen molar-refractivity contribution in [1.82, 2.24) is 10.6 Å². The predicted octanol–water partition coefficient (Wildman–Crippen LogP) is 7.11. The number of amides is 2. The summed E-state index contributed by atoms with van der Waals surface area (Å²) in [6, 6.07) is 21.0. The first-order valence-electron chi connectivity index (χ1n) is 14.8. The largest absolute Gasteiger partial charge is 0.353 e. The van der Waals surface area contributed by atoms with E-state index < -0.39 is 0 Å². The molecule has 2 aromatic carbocycles. The molecule has 0 unspecified atom stereocenters. The Labute approximate surface area is 224 Å². The first-order chi connectivity index (χ1) is 18.1. The van der Waals surface area contributed by atoms with E-state index in [0.717, 1.165) is 61.5 Å². The molecule has 0 spiro atoms. The third-order valence-electron chi connectivity index (χ3n) is 8.91. The molecule has 2 aliphatic rings. The van der Waals surface area contributed by atoms with Crippen LogP contribution in [-0.4, -0.2) is 23.9 Å². The first-order valence-corrected chi connectivity index (χ1v) is 14.8. The summed E-state index contributed by atoms with van der Waals surface area (Å²) in [5, 5.41) is 6.73. The van der Waals surface area contributed by atoms with Crippen LogP contribution in [0.4, 0.5) is 0 Å². The maximum absolute atomic E-state index is 12.9. The van der Waals surface area contributed by atoms with Gasteiger partial charge in [-0.15, -0.1) is 0 Å². The van der Waals surface area contributed by atoms with Crippen molar-refractivity contribution >= 4 is 11.8 Å². The lowest BCUT2D eigenvalue weighted by Gasteiger charge is -2.35. The second kappa shape index (κ2) is 13.8. The Morgan fingerprint density at radius 1 is 0.622 bits per heavy atom. The highest BCUT2D eigenvalue weighted by molar-refractivity contribution is 5.84. The molecule has 4 rings (SSSR count). The predicted molar refractivity (Wildman–Crippen MR) is 151 cm³/mol. The molecular weight excluding hydrogens is 456 g/mol. The van der Waals surface area contributed by atoms with Gasteiger partial charge in [0.15, 0.2) is 0 Å². The van der Waals surface area contributed by atoms with Crippen molar-refractivity contribution < 1.29 is 9.59 Å². The minimum Gasteiger partial charge on any atom is -0.353 e. The number of benzene rings is 2. The van der Waals surface area contributed by atoms with Gasteiger partial charge in [0.2, 0.25) is 11.8 Å². The van der Waals surface area contributed by atoms with Crippen LogP contribution in [0.3, 0.4) is 0 Å². The molecule has 2 N–H and O–H groups in total. The van der Waals surface area contributed by atoms with Gasteiger partial charge >= 0.3 is 0 Å². The van der Waals surface area contributed by atoms with Crippen molar-refractivity contribution in [2.75, 3.05) is 0 Å². The smallest absolute Gasteiger partial charge is 0.227 e. The fraction of sp³-hybridized carbons (Fsp3) is 0.576. The average Bonchev–Trinajstić information content (AvgIpc) is 2.93. The van der Waals surface area contributed by atoms with E-state index in [1.807, 2.05) is 36.4 Å². The van der Waals surface area contributed by atoms with Crippen molar-refractivity contribution in [1.29, 1.82) is 0 Å². The summed E-state index contributed by atoms with van der Waals surface area (Å²) < 4.78 is 0.